The molecule has 6 nitrogen and oxygen atoms in total. The van der Waals surface area contributed by atoms with Crippen LogP contribution in [-0.2, 0) is 6.42 Å². The SMILES string of the molecule is Cc1ccc(C(=O)N[C@@H](Cc2ccccc2)c2nc(-c3cccnc3)no2)cc1. The molecule has 0 unspecified atom stereocenters. The van der Waals surface area contributed by atoms with Crippen molar-refractivity contribution >= 4 is 5.91 Å². The van der Waals surface area contributed by atoms with Gasteiger partial charge in [0.1, 0.15) is 6.04 Å². The number of amides is 1. The van der Waals surface area contributed by atoms with Crippen LogP contribution in [0.1, 0.15) is 33.4 Å². The van der Waals surface area contributed by atoms with E-state index < -0.39 is 6.04 Å². The molecule has 0 saturated carbocycles. The van der Waals surface area contributed by atoms with E-state index >= 15 is 0 Å². The third kappa shape index (κ3) is 4.55. The molecular formula is C23H20N4O2. The molecule has 0 aliphatic heterocycles. The Morgan fingerprint density at radius 2 is 1.83 bits per heavy atom. The first-order valence-electron chi connectivity index (χ1n) is 9.34. The lowest BCUT2D eigenvalue weighted by molar-refractivity contribution is 0.0928. The summed E-state index contributed by atoms with van der Waals surface area (Å²) >= 11 is 0. The van der Waals surface area contributed by atoms with Crippen LogP contribution in [0.3, 0.4) is 0 Å². The first kappa shape index (κ1) is 18.6. The van der Waals surface area contributed by atoms with Crippen molar-refractivity contribution in [3.05, 3.63) is 102 Å². The van der Waals surface area contributed by atoms with Crippen LogP contribution in [-0.4, -0.2) is 21.0 Å². The predicted molar refractivity (Wildman–Crippen MR) is 109 cm³/mol. The topological polar surface area (TPSA) is 80.9 Å². The number of carbonyl (C=O) groups is 1. The average Bonchev–Trinajstić information content (AvgIpc) is 3.25. The molecule has 2 heterocycles. The number of carbonyl (C=O) groups excluding carboxylic acids is 1. The molecule has 2 aromatic carbocycles. The van der Waals surface area contributed by atoms with Gasteiger partial charge in [-0.2, -0.15) is 4.98 Å². The fourth-order valence-electron chi connectivity index (χ4n) is 2.99. The molecule has 0 fully saturated rings. The second-order valence-corrected chi connectivity index (χ2v) is 6.78. The zero-order chi connectivity index (χ0) is 20.1. The maximum atomic E-state index is 12.8. The molecule has 0 spiro atoms. The number of hydrogen-bond donors (Lipinski definition) is 1. The summed E-state index contributed by atoms with van der Waals surface area (Å²) in [7, 11) is 0. The molecule has 4 rings (SSSR count). The van der Waals surface area contributed by atoms with Crippen LogP contribution in [0, 0.1) is 6.92 Å². The van der Waals surface area contributed by atoms with Gasteiger partial charge in [-0.25, -0.2) is 0 Å². The van der Waals surface area contributed by atoms with Crippen LogP contribution in [0.15, 0.2) is 83.6 Å². The maximum Gasteiger partial charge on any atom is 0.251 e. The zero-order valence-corrected chi connectivity index (χ0v) is 15.9. The minimum Gasteiger partial charge on any atom is -0.340 e. The molecule has 4 aromatic rings. The van der Waals surface area contributed by atoms with E-state index in [0.717, 1.165) is 16.7 Å². The third-order valence-corrected chi connectivity index (χ3v) is 4.56. The summed E-state index contributed by atoms with van der Waals surface area (Å²) in [5.74, 6) is 0.607. The van der Waals surface area contributed by atoms with Gasteiger partial charge < -0.3 is 9.84 Å². The Morgan fingerprint density at radius 3 is 2.55 bits per heavy atom. The van der Waals surface area contributed by atoms with Gasteiger partial charge in [0.05, 0.1) is 0 Å². The predicted octanol–water partition coefficient (Wildman–Crippen LogP) is 4.15. The molecule has 0 aliphatic rings. The number of nitrogens with one attached hydrogen (secondary N) is 1. The summed E-state index contributed by atoms with van der Waals surface area (Å²) in [5.41, 5.74) is 3.50. The molecule has 0 bridgehead atoms. The number of aromatic nitrogens is 3. The highest BCUT2D eigenvalue weighted by molar-refractivity contribution is 5.94. The van der Waals surface area contributed by atoms with Crippen molar-refractivity contribution in [1.29, 1.82) is 0 Å². The van der Waals surface area contributed by atoms with Gasteiger partial charge in [-0.3, -0.25) is 9.78 Å². The normalized spacial score (nSPS) is 11.8. The molecule has 0 radical (unpaired) electrons. The summed E-state index contributed by atoms with van der Waals surface area (Å²) < 4.78 is 5.51. The monoisotopic (exact) mass is 384 g/mol. The average molecular weight is 384 g/mol. The summed E-state index contributed by atoms with van der Waals surface area (Å²) in [6.45, 7) is 1.98. The van der Waals surface area contributed by atoms with Crippen molar-refractivity contribution in [1.82, 2.24) is 20.4 Å². The second-order valence-electron chi connectivity index (χ2n) is 6.78. The molecular weight excluding hydrogens is 364 g/mol. The summed E-state index contributed by atoms with van der Waals surface area (Å²) in [4.78, 5) is 21.4. The van der Waals surface area contributed by atoms with Gasteiger partial charge >= 0.3 is 0 Å². The highest BCUT2D eigenvalue weighted by Crippen LogP contribution is 2.21. The molecule has 1 amide bonds. The molecule has 0 aliphatic carbocycles. The highest BCUT2D eigenvalue weighted by atomic mass is 16.5. The molecule has 144 valence electrons. The molecule has 2 aromatic heterocycles. The van der Waals surface area contributed by atoms with Gasteiger partial charge in [-0.15, -0.1) is 0 Å². The molecule has 1 atom stereocenters. The van der Waals surface area contributed by atoms with E-state index in [2.05, 4.69) is 20.4 Å². The lowest BCUT2D eigenvalue weighted by atomic mass is 10.0. The standard InChI is InChI=1S/C23H20N4O2/c1-16-9-11-18(12-10-16)22(28)25-20(14-17-6-3-2-4-7-17)23-26-21(27-29-23)19-8-5-13-24-15-19/h2-13,15,20H,14H2,1H3,(H,25,28)/t20-/m0/s1. The number of rotatable bonds is 6. The van der Waals surface area contributed by atoms with E-state index in [0.29, 0.717) is 23.7 Å². The van der Waals surface area contributed by atoms with E-state index in [4.69, 9.17) is 4.52 Å². The lowest BCUT2D eigenvalue weighted by Gasteiger charge is -2.15. The number of hydrogen-bond acceptors (Lipinski definition) is 5. The molecule has 6 heteroatoms. The van der Waals surface area contributed by atoms with E-state index in [9.17, 15) is 4.79 Å². The van der Waals surface area contributed by atoms with Gasteiger partial charge in [0.25, 0.3) is 5.91 Å². The summed E-state index contributed by atoms with van der Waals surface area (Å²) in [6, 6.07) is 20.5. The van der Waals surface area contributed by atoms with Crippen molar-refractivity contribution in [3.63, 3.8) is 0 Å². The van der Waals surface area contributed by atoms with Gasteiger partial charge in [-0.1, -0.05) is 53.2 Å². The van der Waals surface area contributed by atoms with Crippen LogP contribution in [0.5, 0.6) is 0 Å². The van der Waals surface area contributed by atoms with E-state index in [1.165, 1.54) is 0 Å². The first-order chi connectivity index (χ1) is 14.2. The quantitative estimate of drug-likeness (QED) is 0.540. The maximum absolute atomic E-state index is 12.8. The van der Waals surface area contributed by atoms with Gasteiger partial charge in [0.2, 0.25) is 11.7 Å². The van der Waals surface area contributed by atoms with Crippen LogP contribution in [0.25, 0.3) is 11.4 Å². The fraction of sp³-hybridized carbons (Fsp3) is 0.130. The molecule has 0 saturated heterocycles. The second kappa shape index (κ2) is 8.48. The largest absolute Gasteiger partial charge is 0.340 e. The number of benzene rings is 2. The van der Waals surface area contributed by atoms with E-state index in [1.807, 2.05) is 61.5 Å². The summed E-state index contributed by atoms with van der Waals surface area (Å²) in [6.07, 6.45) is 3.89. The number of pyridine rings is 1. The fourth-order valence-corrected chi connectivity index (χ4v) is 2.99. The van der Waals surface area contributed by atoms with E-state index in [-0.39, 0.29) is 5.91 Å². The third-order valence-electron chi connectivity index (χ3n) is 4.56. The summed E-state index contributed by atoms with van der Waals surface area (Å²) in [5, 5.41) is 7.09. The number of aryl methyl sites for hydroxylation is 1. The lowest BCUT2D eigenvalue weighted by Crippen LogP contribution is -2.30. The first-order valence-corrected chi connectivity index (χ1v) is 9.34. The van der Waals surface area contributed by atoms with Crippen LogP contribution in [0.2, 0.25) is 0 Å². The molecule has 1 N–H and O–H groups in total. The highest BCUT2D eigenvalue weighted by Gasteiger charge is 2.23. The minimum atomic E-state index is -0.455. The Hall–Kier alpha value is -3.80. The van der Waals surface area contributed by atoms with Crippen LogP contribution >= 0.6 is 0 Å². The van der Waals surface area contributed by atoms with Crippen molar-refractivity contribution in [2.45, 2.75) is 19.4 Å². The van der Waals surface area contributed by atoms with E-state index in [1.54, 1.807) is 24.5 Å². The number of nitrogens with zero attached hydrogens (tertiary/aromatic N) is 3. The minimum absolute atomic E-state index is 0.188. The van der Waals surface area contributed by atoms with Crippen LogP contribution in [0.4, 0.5) is 0 Å². The Labute approximate surface area is 168 Å². The van der Waals surface area contributed by atoms with Gasteiger partial charge in [0.15, 0.2) is 0 Å². The smallest absolute Gasteiger partial charge is 0.251 e. The molecule has 29 heavy (non-hydrogen) atoms. The van der Waals surface area contributed by atoms with Crippen LogP contribution < -0.4 is 5.32 Å². The van der Waals surface area contributed by atoms with Crippen molar-refractivity contribution in [2.24, 2.45) is 0 Å². The zero-order valence-electron chi connectivity index (χ0n) is 15.9. The van der Waals surface area contributed by atoms with Crippen molar-refractivity contribution in [3.8, 4) is 11.4 Å². The Bertz CT molecular complexity index is 1080. The Kier molecular flexibility index (Phi) is 5.42. The Balaban J connectivity index is 1.61. The van der Waals surface area contributed by atoms with Gasteiger partial charge in [-0.05, 0) is 36.8 Å². The van der Waals surface area contributed by atoms with Gasteiger partial charge in [0, 0.05) is 29.9 Å². The van der Waals surface area contributed by atoms with Crippen molar-refractivity contribution in [2.75, 3.05) is 0 Å². The van der Waals surface area contributed by atoms with Crippen molar-refractivity contribution < 1.29 is 9.32 Å². The Morgan fingerprint density at radius 1 is 1.03 bits per heavy atom.